The number of quaternary nitrogens is 1. The number of piperidine rings is 1. The van der Waals surface area contributed by atoms with Crippen LogP contribution in [0, 0.1) is 5.92 Å². The number of benzene rings is 2. The minimum absolute atomic E-state index is 0.0467. The van der Waals surface area contributed by atoms with Crippen LogP contribution in [0.3, 0.4) is 0 Å². The Morgan fingerprint density at radius 3 is 2.52 bits per heavy atom. The number of likely N-dealkylation sites (tertiary alicyclic amines) is 1. The number of hydrogen-bond acceptors (Lipinski definition) is 3. The van der Waals surface area contributed by atoms with Crippen LogP contribution in [0.25, 0.3) is 0 Å². The van der Waals surface area contributed by atoms with Crippen LogP contribution in [0.4, 0.5) is 0 Å². The van der Waals surface area contributed by atoms with Gasteiger partial charge in [-0.1, -0.05) is 30.3 Å². The molecule has 5 nitrogen and oxygen atoms in total. The van der Waals surface area contributed by atoms with Crippen LogP contribution in [0.1, 0.15) is 43.9 Å². The summed E-state index contributed by atoms with van der Waals surface area (Å²) < 4.78 is 11.1. The summed E-state index contributed by atoms with van der Waals surface area (Å²) in [5.41, 5.74) is 2.38. The van der Waals surface area contributed by atoms with E-state index in [2.05, 4.69) is 29.6 Å². The zero-order valence-electron chi connectivity index (χ0n) is 17.7. The van der Waals surface area contributed by atoms with Gasteiger partial charge in [0.25, 0.3) is 0 Å². The normalized spacial score (nSPS) is 20.0. The van der Waals surface area contributed by atoms with Gasteiger partial charge in [-0.3, -0.25) is 4.79 Å². The Balaban J connectivity index is 1.49. The number of amides is 1. The Hall–Kier alpha value is -2.53. The van der Waals surface area contributed by atoms with Crippen LogP contribution >= 0.6 is 0 Å². The lowest BCUT2D eigenvalue weighted by Gasteiger charge is -2.29. The van der Waals surface area contributed by atoms with E-state index in [1.807, 2.05) is 38.1 Å². The Labute approximate surface area is 174 Å². The van der Waals surface area contributed by atoms with Crippen LogP contribution in [-0.4, -0.2) is 32.7 Å². The number of methoxy groups -OCH3 is 1. The molecule has 0 radical (unpaired) electrons. The van der Waals surface area contributed by atoms with Crippen molar-refractivity contribution in [3.63, 3.8) is 0 Å². The van der Waals surface area contributed by atoms with E-state index < -0.39 is 0 Å². The predicted octanol–water partition coefficient (Wildman–Crippen LogP) is 2.77. The van der Waals surface area contributed by atoms with Gasteiger partial charge >= 0.3 is 0 Å². The van der Waals surface area contributed by atoms with Crippen LogP contribution in [0.2, 0.25) is 0 Å². The van der Waals surface area contributed by atoms with Crippen molar-refractivity contribution < 1.29 is 19.2 Å². The molecule has 29 heavy (non-hydrogen) atoms. The smallest absolute Gasteiger partial charge is 0.224 e. The van der Waals surface area contributed by atoms with E-state index in [1.165, 1.54) is 10.5 Å². The zero-order valence-corrected chi connectivity index (χ0v) is 17.7. The molecular weight excluding hydrogens is 364 g/mol. The van der Waals surface area contributed by atoms with Gasteiger partial charge in [0.05, 0.1) is 32.8 Å². The number of nitrogens with one attached hydrogen (secondary N) is 2. The van der Waals surface area contributed by atoms with Crippen molar-refractivity contribution in [3.8, 4) is 11.5 Å². The molecule has 5 heteroatoms. The van der Waals surface area contributed by atoms with Gasteiger partial charge in [0.15, 0.2) is 11.5 Å². The third-order valence-corrected chi connectivity index (χ3v) is 5.70. The summed E-state index contributed by atoms with van der Waals surface area (Å²) in [5, 5.41) is 3.19. The van der Waals surface area contributed by atoms with Gasteiger partial charge in [-0.15, -0.1) is 0 Å². The van der Waals surface area contributed by atoms with Crippen molar-refractivity contribution in [2.75, 3.05) is 26.8 Å². The monoisotopic (exact) mass is 397 g/mol. The second kappa shape index (κ2) is 10.3. The summed E-state index contributed by atoms with van der Waals surface area (Å²) in [6, 6.07) is 16.3. The number of ether oxygens (including phenoxy) is 2. The van der Waals surface area contributed by atoms with Gasteiger partial charge in [-0.05, 0) is 37.6 Å². The SMILES string of the molecule is CCOc1ccc(C[NH+]2CCC(C(=O)N[C@H](C)c3ccccc3)CC2)cc1OC. The summed E-state index contributed by atoms with van der Waals surface area (Å²) in [6.07, 6.45) is 1.85. The summed E-state index contributed by atoms with van der Waals surface area (Å²) in [5.74, 6) is 1.87. The third-order valence-electron chi connectivity index (χ3n) is 5.70. The third kappa shape index (κ3) is 5.73. The van der Waals surface area contributed by atoms with Gasteiger partial charge in [0.1, 0.15) is 6.54 Å². The molecule has 2 aromatic carbocycles. The fourth-order valence-corrected chi connectivity index (χ4v) is 4.01. The van der Waals surface area contributed by atoms with E-state index in [9.17, 15) is 4.79 Å². The van der Waals surface area contributed by atoms with E-state index in [0.29, 0.717) is 6.61 Å². The predicted molar refractivity (Wildman–Crippen MR) is 114 cm³/mol. The molecule has 0 unspecified atom stereocenters. The van der Waals surface area contributed by atoms with Crippen LogP contribution in [-0.2, 0) is 11.3 Å². The van der Waals surface area contributed by atoms with Crippen LogP contribution in [0.15, 0.2) is 48.5 Å². The average Bonchev–Trinajstić information content (AvgIpc) is 2.76. The quantitative estimate of drug-likeness (QED) is 0.720. The first-order valence-corrected chi connectivity index (χ1v) is 10.6. The Bertz CT molecular complexity index is 786. The fourth-order valence-electron chi connectivity index (χ4n) is 4.01. The van der Waals surface area contributed by atoms with Crippen molar-refractivity contribution in [2.45, 2.75) is 39.3 Å². The summed E-state index contributed by atoms with van der Waals surface area (Å²) in [7, 11) is 1.68. The largest absolute Gasteiger partial charge is 0.493 e. The first kappa shape index (κ1) is 21.2. The molecular formula is C24H33N2O3+. The summed E-state index contributed by atoms with van der Waals surface area (Å²) in [4.78, 5) is 14.2. The van der Waals surface area contributed by atoms with E-state index in [0.717, 1.165) is 49.5 Å². The molecule has 1 heterocycles. The highest BCUT2D eigenvalue weighted by Gasteiger charge is 2.28. The first-order chi connectivity index (χ1) is 14.1. The average molecular weight is 398 g/mol. The molecule has 1 fully saturated rings. The highest BCUT2D eigenvalue weighted by Crippen LogP contribution is 2.27. The molecule has 0 spiro atoms. The molecule has 0 aliphatic carbocycles. The minimum Gasteiger partial charge on any atom is -0.493 e. The number of carbonyl (C=O) groups is 1. The molecule has 2 aromatic rings. The molecule has 1 atom stereocenters. The summed E-state index contributed by atoms with van der Waals surface area (Å²) >= 11 is 0. The fraction of sp³-hybridized carbons (Fsp3) is 0.458. The van der Waals surface area contributed by atoms with Gasteiger partial charge in [0, 0.05) is 24.3 Å². The zero-order chi connectivity index (χ0) is 20.6. The van der Waals surface area contributed by atoms with E-state index >= 15 is 0 Å². The molecule has 0 bridgehead atoms. The molecule has 1 saturated heterocycles. The van der Waals surface area contributed by atoms with E-state index in [-0.39, 0.29) is 17.9 Å². The van der Waals surface area contributed by atoms with Crippen molar-refractivity contribution >= 4 is 5.91 Å². The van der Waals surface area contributed by atoms with Crippen LogP contribution < -0.4 is 19.7 Å². The Morgan fingerprint density at radius 2 is 1.86 bits per heavy atom. The number of rotatable bonds is 8. The Morgan fingerprint density at radius 1 is 1.14 bits per heavy atom. The van der Waals surface area contributed by atoms with Gasteiger partial charge in [-0.25, -0.2) is 0 Å². The maximum absolute atomic E-state index is 12.7. The van der Waals surface area contributed by atoms with E-state index in [1.54, 1.807) is 7.11 Å². The molecule has 1 aliphatic rings. The lowest BCUT2D eigenvalue weighted by atomic mass is 9.95. The lowest BCUT2D eigenvalue weighted by Crippen LogP contribution is -3.11. The summed E-state index contributed by atoms with van der Waals surface area (Å²) in [6.45, 7) is 7.60. The maximum Gasteiger partial charge on any atom is 0.224 e. The molecule has 0 saturated carbocycles. The number of hydrogen-bond donors (Lipinski definition) is 2. The highest BCUT2D eigenvalue weighted by atomic mass is 16.5. The van der Waals surface area contributed by atoms with Crippen LogP contribution in [0.5, 0.6) is 11.5 Å². The molecule has 2 N–H and O–H groups in total. The topological polar surface area (TPSA) is 52.0 Å². The van der Waals surface area contributed by atoms with Crippen molar-refractivity contribution in [1.29, 1.82) is 0 Å². The van der Waals surface area contributed by atoms with Crippen molar-refractivity contribution in [1.82, 2.24) is 5.32 Å². The minimum atomic E-state index is 0.0467. The second-order valence-corrected chi connectivity index (χ2v) is 7.76. The first-order valence-electron chi connectivity index (χ1n) is 10.6. The van der Waals surface area contributed by atoms with Gasteiger partial charge in [0.2, 0.25) is 5.91 Å². The molecule has 1 aliphatic heterocycles. The molecule has 3 rings (SSSR count). The Kier molecular flexibility index (Phi) is 7.53. The van der Waals surface area contributed by atoms with Gasteiger partial charge in [-0.2, -0.15) is 0 Å². The standard InChI is InChI=1S/C24H32N2O3/c1-4-29-22-11-10-19(16-23(22)28-3)17-26-14-12-21(13-15-26)24(27)25-18(2)20-8-6-5-7-9-20/h5-11,16,18,21H,4,12-15,17H2,1-3H3,(H,25,27)/p+1/t18-/m1/s1. The van der Waals surface area contributed by atoms with Crippen molar-refractivity contribution in [2.24, 2.45) is 5.92 Å². The second-order valence-electron chi connectivity index (χ2n) is 7.76. The van der Waals surface area contributed by atoms with Gasteiger partial charge < -0.3 is 19.7 Å². The van der Waals surface area contributed by atoms with Crippen molar-refractivity contribution in [3.05, 3.63) is 59.7 Å². The van der Waals surface area contributed by atoms with E-state index in [4.69, 9.17) is 9.47 Å². The molecule has 156 valence electrons. The maximum atomic E-state index is 12.7. The lowest BCUT2D eigenvalue weighted by molar-refractivity contribution is -0.919. The highest BCUT2D eigenvalue weighted by molar-refractivity contribution is 5.79. The number of carbonyl (C=O) groups excluding carboxylic acids is 1. The molecule has 1 amide bonds. The molecule has 0 aromatic heterocycles.